The molecule has 3 rings (SSSR count). The average Bonchev–Trinajstić information content (AvgIpc) is 3.28. The second kappa shape index (κ2) is 8.69. The number of furan rings is 1. The molecule has 0 radical (unpaired) electrons. The summed E-state index contributed by atoms with van der Waals surface area (Å²) in [6.07, 6.45) is 1.95. The van der Waals surface area contributed by atoms with Crippen LogP contribution in [0.1, 0.15) is 22.5 Å². The van der Waals surface area contributed by atoms with E-state index in [1.807, 2.05) is 11.0 Å². The second-order valence-electron chi connectivity index (χ2n) is 6.69. The summed E-state index contributed by atoms with van der Waals surface area (Å²) in [6, 6.07) is 10.2. The van der Waals surface area contributed by atoms with Crippen LogP contribution in [0.4, 0.5) is 0 Å². The van der Waals surface area contributed by atoms with Crippen LogP contribution >= 0.6 is 0 Å². The van der Waals surface area contributed by atoms with Crippen LogP contribution in [0.5, 0.6) is 5.75 Å². The third-order valence-corrected chi connectivity index (χ3v) is 6.34. The van der Waals surface area contributed by atoms with E-state index in [2.05, 4.69) is 0 Å². The maximum absolute atomic E-state index is 11.8. The Kier molecular flexibility index (Phi) is 6.30. The summed E-state index contributed by atoms with van der Waals surface area (Å²) in [5.74, 6) is 1.35. The molecule has 1 aliphatic rings. The third-order valence-electron chi connectivity index (χ3n) is 4.59. The van der Waals surface area contributed by atoms with Crippen molar-refractivity contribution >= 4 is 16.1 Å². The van der Waals surface area contributed by atoms with Crippen LogP contribution in [-0.4, -0.2) is 61.5 Å². The predicted molar refractivity (Wildman–Crippen MR) is 99.5 cm³/mol. The lowest BCUT2D eigenvalue weighted by atomic mass is 10.2. The summed E-state index contributed by atoms with van der Waals surface area (Å²) >= 11 is 0. The molecular formula is C19H23NO6S. The zero-order chi connectivity index (χ0) is 19.3. The molecule has 1 aromatic carbocycles. The Morgan fingerprint density at radius 2 is 2.11 bits per heavy atom. The van der Waals surface area contributed by atoms with Gasteiger partial charge in [-0.2, -0.15) is 0 Å². The molecule has 0 bridgehead atoms. The zero-order valence-electron chi connectivity index (χ0n) is 14.9. The van der Waals surface area contributed by atoms with Gasteiger partial charge in [0.1, 0.15) is 24.2 Å². The normalized spacial score (nSPS) is 19.9. The lowest BCUT2D eigenvalue weighted by molar-refractivity contribution is 0.0494. The number of sulfone groups is 1. The third kappa shape index (κ3) is 5.41. The summed E-state index contributed by atoms with van der Waals surface area (Å²) < 4.78 is 34.6. The molecule has 1 aromatic heterocycles. The quantitative estimate of drug-likeness (QED) is 0.645. The van der Waals surface area contributed by atoms with E-state index in [9.17, 15) is 18.3 Å². The molecule has 1 aliphatic heterocycles. The van der Waals surface area contributed by atoms with Crippen molar-refractivity contribution in [1.82, 2.24) is 4.90 Å². The largest absolute Gasteiger partial charge is 0.490 e. The lowest BCUT2D eigenvalue weighted by Gasteiger charge is -2.29. The number of aliphatic hydroxyl groups excluding tert-OH is 1. The number of hydrogen-bond donors (Lipinski definition) is 1. The summed E-state index contributed by atoms with van der Waals surface area (Å²) in [5, 5.41) is 10.4. The summed E-state index contributed by atoms with van der Waals surface area (Å²) in [6.45, 7) is 0.651. The first-order chi connectivity index (χ1) is 13.0. The summed E-state index contributed by atoms with van der Waals surface area (Å²) in [4.78, 5) is 13.0. The van der Waals surface area contributed by atoms with Crippen LogP contribution in [0.15, 0.2) is 47.1 Å². The molecule has 1 fully saturated rings. The van der Waals surface area contributed by atoms with E-state index in [4.69, 9.17) is 9.15 Å². The van der Waals surface area contributed by atoms with Crippen LogP contribution < -0.4 is 4.74 Å². The molecule has 1 N–H and O–H groups in total. The Labute approximate surface area is 158 Å². The molecule has 27 heavy (non-hydrogen) atoms. The van der Waals surface area contributed by atoms with Crippen molar-refractivity contribution in [2.45, 2.75) is 25.1 Å². The first-order valence-corrected chi connectivity index (χ1v) is 10.6. The van der Waals surface area contributed by atoms with Crippen LogP contribution in [0, 0.1) is 0 Å². The van der Waals surface area contributed by atoms with Crippen LogP contribution in [0.25, 0.3) is 0 Å². The molecule has 8 heteroatoms. The van der Waals surface area contributed by atoms with Gasteiger partial charge in [-0.1, -0.05) is 12.1 Å². The highest BCUT2D eigenvalue weighted by atomic mass is 32.2. The predicted octanol–water partition coefficient (Wildman–Crippen LogP) is 1.52. The van der Waals surface area contributed by atoms with E-state index in [1.165, 1.54) is 0 Å². The Morgan fingerprint density at radius 1 is 1.30 bits per heavy atom. The molecule has 2 aromatic rings. The number of benzene rings is 1. The van der Waals surface area contributed by atoms with Crippen molar-refractivity contribution in [1.29, 1.82) is 0 Å². The van der Waals surface area contributed by atoms with E-state index >= 15 is 0 Å². The van der Waals surface area contributed by atoms with Gasteiger partial charge in [0.15, 0.2) is 16.1 Å². The number of carbonyl (C=O) groups excluding carboxylic acids is 1. The van der Waals surface area contributed by atoms with E-state index in [0.717, 1.165) is 0 Å². The number of para-hydroxylation sites is 1. The molecule has 0 spiro atoms. The number of aliphatic hydroxyl groups is 1. The second-order valence-corrected chi connectivity index (χ2v) is 8.91. The molecule has 0 amide bonds. The molecule has 2 atom stereocenters. The van der Waals surface area contributed by atoms with Gasteiger partial charge in [0, 0.05) is 12.6 Å². The highest BCUT2D eigenvalue weighted by Gasteiger charge is 2.33. The zero-order valence-corrected chi connectivity index (χ0v) is 15.7. The fraction of sp³-hybridized carbons (Fsp3) is 0.421. The van der Waals surface area contributed by atoms with Crippen LogP contribution in [-0.2, 0) is 16.4 Å². The van der Waals surface area contributed by atoms with Gasteiger partial charge in [-0.25, -0.2) is 8.42 Å². The molecule has 1 saturated heterocycles. The van der Waals surface area contributed by atoms with Crippen molar-refractivity contribution in [2.24, 2.45) is 0 Å². The molecule has 0 saturated carbocycles. The van der Waals surface area contributed by atoms with Gasteiger partial charge in [-0.3, -0.25) is 9.69 Å². The Balaban J connectivity index is 1.63. The SMILES string of the molecule is O=Cc1ccccc1OCC(O)CN(Cc1ccco1)C1CCS(=O)(=O)C1. The topological polar surface area (TPSA) is 97.1 Å². The van der Waals surface area contributed by atoms with Gasteiger partial charge >= 0.3 is 0 Å². The van der Waals surface area contributed by atoms with Gasteiger partial charge in [-0.15, -0.1) is 0 Å². The fourth-order valence-corrected chi connectivity index (χ4v) is 4.99. The van der Waals surface area contributed by atoms with Gasteiger partial charge in [0.05, 0.1) is 29.9 Å². The summed E-state index contributed by atoms with van der Waals surface area (Å²) in [7, 11) is -3.04. The van der Waals surface area contributed by atoms with Crippen molar-refractivity contribution in [3.05, 3.63) is 54.0 Å². The van der Waals surface area contributed by atoms with Crippen molar-refractivity contribution in [3.63, 3.8) is 0 Å². The monoisotopic (exact) mass is 393 g/mol. The average molecular weight is 393 g/mol. The first-order valence-electron chi connectivity index (χ1n) is 8.79. The molecule has 0 aliphatic carbocycles. The number of carbonyl (C=O) groups is 1. The Bertz CT molecular complexity index is 849. The maximum atomic E-state index is 11.8. The molecular weight excluding hydrogens is 370 g/mol. The van der Waals surface area contributed by atoms with E-state index in [0.29, 0.717) is 36.3 Å². The Hall–Kier alpha value is -2.16. The minimum atomic E-state index is -3.04. The number of ether oxygens (including phenoxy) is 1. The number of aldehydes is 1. The minimum absolute atomic E-state index is 0.00101. The van der Waals surface area contributed by atoms with Crippen molar-refractivity contribution < 1.29 is 27.5 Å². The first kappa shape index (κ1) is 19.6. The van der Waals surface area contributed by atoms with Gasteiger partial charge in [0.25, 0.3) is 0 Å². The van der Waals surface area contributed by atoms with Crippen molar-refractivity contribution in [2.75, 3.05) is 24.7 Å². The fourth-order valence-electron chi connectivity index (χ4n) is 3.23. The van der Waals surface area contributed by atoms with Crippen LogP contribution in [0.2, 0.25) is 0 Å². The highest BCUT2D eigenvalue weighted by molar-refractivity contribution is 7.91. The lowest BCUT2D eigenvalue weighted by Crippen LogP contribution is -2.42. The smallest absolute Gasteiger partial charge is 0.153 e. The Morgan fingerprint density at radius 3 is 2.78 bits per heavy atom. The molecule has 2 heterocycles. The molecule has 2 unspecified atom stereocenters. The number of hydrogen-bond acceptors (Lipinski definition) is 7. The summed E-state index contributed by atoms with van der Waals surface area (Å²) in [5.41, 5.74) is 0.416. The highest BCUT2D eigenvalue weighted by Crippen LogP contribution is 2.21. The molecule has 146 valence electrons. The van der Waals surface area contributed by atoms with E-state index in [1.54, 1.807) is 36.6 Å². The number of nitrogens with zero attached hydrogens (tertiary/aromatic N) is 1. The van der Waals surface area contributed by atoms with E-state index in [-0.39, 0.29) is 30.7 Å². The van der Waals surface area contributed by atoms with Crippen LogP contribution in [0.3, 0.4) is 0 Å². The standard InChI is InChI=1S/C19H23NO6S/c21-12-15-4-1-2-6-19(15)26-13-17(22)10-20(11-18-5-3-8-25-18)16-7-9-27(23,24)14-16/h1-6,8,12,16-17,22H,7,9-11,13-14H2. The van der Waals surface area contributed by atoms with Gasteiger partial charge in [0.2, 0.25) is 0 Å². The van der Waals surface area contributed by atoms with Gasteiger partial charge in [-0.05, 0) is 30.7 Å². The van der Waals surface area contributed by atoms with Gasteiger partial charge < -0.3 is 14.3 Å². The molecule has 7 nitrogen and oxygen atoms in total. The maximum Gasteiger partial charge on any atom is 0.153 e. The van der Waals surface area contributed by atoms with Crippen molar-refractivity contribution in [3.8, 4) is 5.75 Å². The van der Waals surface area contributed by atoms with E-state index < -0.39 is 15.9 Å². The minimum Gasteiger partial charge on any atom is -0.490 e. The number of rotatable bonds is 9.